The Bertz CT molecular complexity index is 1230. The minimum atomic E-state index is 0.473. The average molecular weight is 512 g/mol. The van der Waals surface area contributed by atoms with Crippen LogP contribution in [0.2, 0.25) is 0 Å². The second-order valence-corrected chi connectivity index (χ2v) is 8.04. The van der Waals surface area contributed by atoms with Crippen molar-refractivity contribution in [2.45, 2.75) is 13.3 Å². The van der Waals surface area contributed by atoms with Crippen LogP contribution < -0.4 is 18.9 Å². The van der Waals surface area contributed by atoms with Crippen LogP contribution in [0, 0.1) is 6.92 Å². The number of ether oxygens (including phenoxy) is 3. The highest BCUT2D eigenvalue weighted by molar-refractivity contribution is 8.00. The Morgan fingerprint density at radius 2 is 1.58 bits per heavy atom. The van der Waals surface area contributed by atoms with E-state index in [-0.39, 0.29) is 0 Å². The molecule has 11 nitrogen and oxygen atoms in total. The minimum Gasteiger partial charge on any atom is -0.494 e. The fourth-order valence-electron chi connectivity index (χ4n) is 3.24. The Kier molecular flexibility index (Phi) is 9.83. The highest BCUT2D eigenvalue weighted by Crippen LogP contribution is 2.37. The lowest BCUT2D eigenvalue weighted by Gasteiger charge is -2.17. The molecule has 0 radical (unpaired) electrons. The molecule has 0 bridgehead atoms. The molecule has 0 atom stereocenters. The van der Waals surface area contributed by atoms with E-state index in [1.165, 1.54) is 11.9 Å². The zero-order chi connectivity index (χ0) is 25.9. The van der Waals surface area contributed by atoms with Crippen LogP contribution in [0.5, 0.6) is 17.4 Å². The summed E-state index contributed by atoms with van der Waals surface area (Å²) in [5, 5.41) is 15.8. The van der Waals surface area contributed by atoms with E-state index in [9.17, 15) is 0 Å². The van der Waals surface area contributed by atoms with Crippen LogP contribution in [0.3, 0.4) is 0 Å². The van der Waals surface area contributed by atoms with Crippen LogP contribution in [0.4, 0.5) is 5.95 Å². The van der Waals surface area contributed by atoms with E-state index in [4.69, 9.17) is 19.3 Å². The number of hydrogen-bond donors (Lipinski definition) is 2. The van der Waals surface area contributed by atoms with Gasteiger partial charge in [0, 0.05) is 37.7 Å². The summed E-state index contributed by atoms with van der Waals surface area (Å²) < 4.78 is 21.7. The zero-order valence-electron chi connectivity index (χ0n) is 20.8. The fourth-order valence-corrected chi connectivity index (χ4v) is 3.89. The summed E-state index contributed by atoms with van der Waals surface area (Å²) in [5.74, 6) is 4.19. The van der Waals surface area contributed by atoms with Gasteiger partial charge in [-0.1, -0.05) is 12.1 Å². The Balaban J connectivity index is 0.00000176. The van der Waals surface area contributed by atoms with Gasteiger partial charge in [0.25, 0.3) is 0 Å². The first-order chi connectivity index (χ1) is 17.6. The maximum atomic E-state index is 7.00. The first kappa shape index (κ1) is 26.7. The predicted molar refractivity (Wildman–Crippen MR) is 139 cm³/mol. The molecule has 0 amide bonds. The first-order valence-electron chi connectivity index (χ1n) is 10.9. The zero-order valence-corrected chi connectivity index (χ0v) is 21.6. The molecular weight excluding hydrogens is 482 g/mol. The maximum Gasteiger partial charge on any atom is 0.239 e. The van der Waals surface area contributed by atoms with Crippen LogP contribution in [0.25, 0.3) is 17.2 Å². The molecule has 0 spiro atoms. The third-order valence-electron chi connectivity index (χ3n) is 4.88. The van der Waals surface area contributed by atoms with Crippen molar-refractivity contribution in [3.8, 4) is 34.6 Å². The highest BCUT2D eigenvalue weighted by atomic mass is 32.2. The van der Waals surface area contributed by atoms with Crippen molar-refractivity contribution >= 4 is 17.9 Å². The van der Waals surface area contributed by atoms with E-state index >= 15 is 0 Å². The van der Waals surface area contributed by atoms with Gasteiger partial charge >= 0.3 is 0 Å². The van der Waals surface area contributed by atoms with Gasteiger partial charge < -0.3 is 19.3 Å². The normalized spacial score (nSPS) is 10.3. The number of aromatic nitrogens is 6. The van der Waals surface area contributed by atoms with E-state index in [0.717, 1.165) is 24.3 Å². The average Bonchev–Trinajstić information content (AvgIpc) is 3.36. The molecule has 3 heterocycles. The molecule has 0 unspecified atom stereocenters. The summed E-state index contributed by atoms with van der Waals surface area (Å²) in [6, 6.07) is 11.0. The van der Waals surface area contributed by atoms with Gasteiger partial charge in [-0.25, -0.2) is 15.0 Å². The second-order valence-electron chi connectivity index (χ2n) is 7.14. The number of anilines is 1. The molecule has 0 saturated carbocycles. The quantitative estimate of drug-likeness (QED) is 0.240. The van der Waals surface area contributed by atoms with E-state index in [1.54, 1.807) is 27.4 Å². The summed E-state index contributed by atoms with van der Waals surface area (Å²) in [6.07, 6.45) is 4.34. The molecule has 2 N–H and O–H groups in total. The Morgan fingerprint density at radius 3 is 2.22 bits per heavy atom. The standard InChI is InChI=1S/C23H25N7O3S.CH4O/c1-15-13-24-19(25-14-15)11-12-34-29-23-28-27-22(16-7-5-10-20(26-16)33-4)30(23)21-17(31-2)8-6-9-18(21)32-3;1-2/h5-10,13-14H,11-12H2,1-4H3,(H,28,29);2H,1H3. The molecule has 0 aliphatic heterocycles. The number of aliphatic hydroxyl groups is 1. The van der Waals surface area contributed by atoms with Crippen molar-refractivity contribution in [3.63, 3.8) is 0 Å². The monoisotopic (exact) mass is 511 g/mol. The molecule has 3 aromatic heterocycles. The molecule has 36 heavy (non-hydrogen) atoms. The molecular formula is C24H29N7O4S. The van der Waals surface area contributed by atoms with E-state index in [2.05, 4.69) is 29.9 Å². The van der Waals surface area contributed by atoms with Crippen molar-refractivity contribution in [2.24, 2.45) is 0 Å². The molecule has 4 rings (SSSR count). The largest absolute Gasteiger partial charge is 0.494 e. The van der Waals surface area contributed by atoms with Crippen LogP contribution >= 0.6 is 11.9 Å². The summed E-state index contributed by atoms with van der Waals surface area (Å²) in [6.45, 7) is 1.97. The number of aryl methyl sites for hydroxylation is 2. The number of methoxy groups -OCH3 is 3. The lowest BCUT2D eigenvalue weighted by atomic mass is 10.2. The van der Waals surface area contributed by atoms with Crippen molar-refractivity contribution in [2.75, 3.05) is 38.9 Å². The van der Waals surface area contributed by atoms with E-state index in [1.807, 2.05) is 54.2 Å². The Hall–Kier alpha value is -3.90. The fraction of sp³-hybridized carbons (Fsp3) is 0.292. The van der Waals surface area contributed by atoms with Gasteiger partial charge in [-0.2, -0.15) is 0 Å². The van der Waals surface area contributed by atoms with Crippen molar-refractivity contribution in [1.29, 1.82) is 0 Å². The highest BCUT2D eigenvalue weighted by Gasteiger charge is 2.23. The van der Waals surface area contributed by atoms with Crippen LogP contribution in [-0.2, 0) is 6.42 Å². The van der Waals surface area contributed by atoms with Gasteiger partial charge in [-0.05, 0) is 42.6 Å². The minimum absolute atomic E-state index is 0.473. The third-order valence-corrected chi connectivity index (χ3v) is 5.61. The lowest BCUT2D eigenvalue weighted by molar-refractivity contribution is 0.391. The number of rotatable bonds is 10. The van der Waals surface area contributed by atoms with Crippen LogP contribution in [-0.4, -0.2) is 69.0 Å². The number of nitrogens with one attached hydrogen (secondary N) is 1. The topological polar surface area (TPSA) is 129 Å². The van der Waals surface area contributed by atoms with Gasteiger partial charge in [-0.3, -0.25) is 9.29 Å². The number of aliphatic hydroxyl groups excluding tert-OH is 1. The Morgan fingerprint density at radius 1 is 0.917 bits per heavy atom. The van der Waals surface area contributed by atoms with Crippen LogP contribution in [0.1, 0.15) is 11.4 Å². The summed E-state index contributed by atoms with van der Waals surface area (Å²) in [4.78, 5) is 13.2. The summed E-state index contributed by atoms with van der Waals surface area (Å²) >= 11 is 1.48. The number of benzene rings is 1. The summed E-state index contributed by atoms with van der Waals surface area (Å²) in [7, 11) is 5.78. The Labute approximate surface area is 214 Å². The molecule has 0 aliphatic rings. The molecule has 1 aromatic carbocycles. The number of nitrogens with zero attached hydrogens (tertiary/aromatic N) is 6. The smallest absolute Gasteiger partial charge is 0.239 e. The van der Waals surface area contributed by atoms with E-state index < -0.39 is 0 Å². The molecule has 190 valence electrons. The predicted octanol–water partition coefficient (Wildman–Crippen LogP) is 3.36. The van der Waals surface area contributed by atoms with Gasteiger partial charge in [0.15, 0.2) is 5.82 Å². The number of hydrogen-bond acceptors (Lipinski definition) is 11. The summed E-state index contributed by atoms with van der Waals surface area (Å²) in [5.41, 5.74) is 2.28. The SMILES string of the molecule is CO.COc1cccc(-c2nnc(NSCCc3ncc(C)cn3)n2-c2c(OC)cccc2OC)n1. The van der Waals surface area contributed by atoms with Gasteiger partial charge in [0.05, 0.1) is 21.3 Å². The van der Waals surface area contributed by atoms with Crippen molar-refractivity contribution in [1.82, 2.24) is 29.7 Å². The van der Waals surface area contributed by atoms with Crippen molar-refractivity contribution in [3.05, 3.63) is 60.2 Å². The molecule has 0 saturated heterocycles. The van der Waals surface area contributed by atoms with E-state index in [0.29, 0.717) is 47.0 Å². The lowest BCUT2D eigenvalue weighted by Crippen LogP contribution is -2.08. The number of pyridine rings is 1. The van der Waals surface area contributed by atoms with Crippen molar-refractivity contribution < 1.29 is 19.3 Å². The van der Waals surface area contributed by atoms with Gasteiger partial charge in [0.2, 0.25) is 11.8 Å². The second kappa shape index (κ2) is 13.3. The van der Waals surface area contributed by atoms with Gasteiger partial charge in [0.1, 0.15) is 28.7 Å². The molecule has 0 fully saturated rings. The number of para-hydroxylation sites is 1. The molecule has 4 aromatic rings. The molecule has 12 heteroatoms. The van der Waals surface area contributed by atoms with Crippen LogP contribution in [0.15, 0.2) is 48.8 Å². The molecule has 0 aliphatic carbocycles. The first-order valence-corrected chi connectivity index (χ1v) is 11.9. The van der Waals surface area contributed by atoms with Gasteiger partial charge in [-0.15, -0.1) is 10.2 Å². The maximum absolute atomic E-state index is 7.00. The third kappa shape index (κ3) is 6.20.